The Hall–Kier alpha value is -1.82. The molecule has 1 saturated heterocycles. The third-order valence-electron chi connectivity index (χ3n) is 2.60. The molecule has 2 atom stereocenters. The van der Waals surface area contributed by atoms with Crippen LogP contribution in [0.25, 0.3) is 0 Å². The largest absolute Gasteiger partial charge is 0.480 e. The van der Waals surface area contributed by atoms with Gasteiger partial charge in [0, 0.05) is 11.3 Å². The van der Waals surface area contributed by atoms with Crippen LogP contribution in [0.5, 0.6) is 0 Å². The number of amides is 1. The van der Waals surface area contributed by atoms with E-state index in [-0.39, 0.29) is 5.91 Å². The molecule has 0 aliphatic carbocycles. The van der Waals surface area contributed by atoms with Crippen molar-refractivity contribution in [3.8, 4) is 0 Å². The minimum absolute atomic E-state index is 0.300. The number of ketones is 1. The minimum atomic E-state index is -1.15. The van der Waals surface area contributed by atoms with Gasteiger partial charge in [-0.3, -0.25) is 14.4 Å². The Labute approximate surface area is 108 Å². The number of Topliss-reactive ketones (excluding diaryl/α,β-unsaturated/α-hetero) is 1. The normalized spacial score (nSPS) is 22.8. The summed E-state index contributed by atoms with van der Waals surface area (Å²) in [6.07, 6.45) is 0. The monoisotopic (exact) mass is 265 g/mol. The number of rotatable bonds is 3. The highest BCUT2D eigenvalue weighted by Gasteiger charge is 2.40. The number of nitrogens with one attached hydrogen (secondary N) is 1. The Kier molecular flexibility index (Phi) is 3.66. The van der Waals surface area contributed by atoms with Gasteiger partial charge < -0.3 is 10.4 Å². The molecule has 5 nitrogen and oxygen atoms in total. The molecule has 1 heterocycles. The first-order valence-electron chi connectivity index (χ1n) is 5.33. The van der Waals surface area contributed by atoms with Crippen molar-refractivity contribution in [3.05, 3.63) is 35.9 Å². The molecule has 18 heavy (non-hydrogen) atoms. The van der Waals surface area contributed by atoms with Crippen LogP contribution < -0.4 is 5.32 Å². The van der Waals surface area contributed by atoms with Crippen LogP contribution in [0.15, 0.2) is 30.3 Å². The molecular weight excluding hydrogens is 254 g/mol. The first-order valence-corrected chi connectivity index (χ1v) is 6.38. The molecule has 1 aliphatic heterocycles. The van der Waals surface area contributed by atoms with Crippen molar-refractivity contribution in [3.63, 3.8) is 0 Å². The Morgan fingerprint density at radius 2 is 1.94 bits per heavy atom. The molecule has 1 fully saturated rings. The van der Waals surface area contributed by atoms with Crippen molar-refractivity contribution in [2.75, 3.05) is 5.75 Å². The summed E-state index contributed by atoms with van der Waals surface area (Å²) in [5.74, 6) is -1.66. The number of carboxylic acid groups (broad SMARTS) is 1. The van der Waals surface area contributed by atoms with Crippen molar-refractivity contribution < 1.29 is 19.5 Å². The summed E-state index contributed by atoms with van der Waals surface area (Å²) >= 11 is 1.04. The lowest BCUT2D eigenvalue weighted by molar-refractivity contribution is -0.139. The van der Waals surface area contributed by atoms with Gasteiger partial charge in [-0.2, -0.15) is 0 Å². The lowest BCUT2D eigenvalue weighted by atomic mass is 10.1. The summed E-state index contributed by atoms with van der Waals surface area (Å²) in [4.78, 5) is 34.3. The summed E-state index contributed by atoms with van der Waals surface area (Å²) in [6, 6.07) is 7.78. The van der Waals surface area contributed by atoms with Crippen molar-refractivity contribution in [1.82, 2.24) is 5.32 Å². The molecule has 0 radical (unpaired) electrons. The molecule has 0 bridgehead atoms. The summed E-state index contributed by atoms with van der Waals surface area (Å²) in [6.45, 7) is 0. The second kappa shape index (κ2) is 5.22. The van der Waals surface area contributed by atoms with Gasteiger partial charge in [0.15, 0.2) is 11.0 Å². The molecular formula is C12H11NO4S. The molecule has 1 amide bonds. The van der Waals surface area contributed by atoms with Gasteiger partial charge in [-0.25, -0.2) is 0 Å². The lowest BCUT2D eigenvalue weighted by Gasteiger charge is -2.10. The SMILES string of the molecule is O=C(N[C@H]1CS[C@H](C(=O)O)C1=O)c1ccccc1. The summed E-state index contributed by atoms with van der Waals surface area (Å²) < 4.78 is 0. The van der Waals surface area contributed by atoms with Crippen LogP contribution in [0.1, 0.15) is 10.4 Å². The number of hydrogen-bond donors (Lipinski definition) is 2. The quantitative estimate of drug-likeness (QED) is 0.780. The highest BCUT2D eigenvalue weighted by Crippen LogP contribution is 2.24. The van der Waals surface area contributed by atoms with Gasteiger partial charge in [0.05, 0.1) is 6.04 Å². The van der Waals surface area contributed by atoms with Gasteiger partial charge >= 0.3 is 5.97 Å². The van der Waals surface area contributed by atoms with Crippen LogP contribution in [-0.2, 0) is 9.59 Å². The zero-order valence-electron chi connectivity index (χ0n) is 9.33. The average Bonchev–Trinajstić information content (AvgIpc) is 2.72. The van der Waals surface area contributed by atoms with Crippen LogP contribution in [-0.4, -0.2) is 39.8 Å². The van der Waals surface area contributed by atoms with Gasteiger partial charge in [-0.15, -0.1) is 11.8 Å². The number of hydrogen-bond acceptors (Lipinski definition) is 4. The van der Waals surface area contributed by atoms with Crippen LogP contribution in [0.3, 0.4) is 0 Å². The van der Waals surface area contributed by atoms with Crippen molar-refractivity contribution in [2.45, 2.75) is 11.3 Å². The molecule has 1 aromatic carbocycles. The number of benzene rings is 1. The fourth-order valence-electron chi connectivity index (χ4n) is 1.68. The maximum absolute atomic E-state index is 11.8. The maximum Gasteiger partial charge on any atom is 0.324 e. The van der Waals surface area contributed by atoms with Gasteiger partial charge in [-0.05, 0) is 12.1 Å². The fraction of sp³-hybridized carbons (Fsp3) is 0.250. The zero-order valence-corrected chi connectivity index (χ0v) is 10.1. The van der Waals surface area contributed by atoms with Crippen LogP contribution in [0, 0.1) is 0 Å². The molecule has 0 saturated carbocycles. The number of thioether (sulfide) groups is 1. The Balaban J connectivity index is 2.02. The van der Waals surface area contributed by atoms with Gasteiger partial charge in [0.25, 0.3) is 5.91 Å². The second-order valence-electron chi connectivity index (χ2n) is 3.85. The van der Waals surface area contributed by atoms with E-state index in [1.165, 1.54) is 0 Å². The van der Waals surface area contributed by atoms with E-state index in [1.54, 1.807) is 30.3 Å². The highest BCUT2D eigenvalue weighted by atomic mass is 32.2. The molecule has 0 unspecified atom stereocenters. The molecule has 0 aromatic heterocycles. The van der Waals surface area contributed by atoms with Gasteiger partial charge in [0.1, 0.15) is 0 Å². The lowest BCUT2D eigenvalue weighted by Crippen LogP contribution is -2.42. The first-order chi connectivity index (χ1) is 8.59. The fourth-order valence-corrected chi connectivity index (χ4v) is 2.78. The van der Waals surface area contributed by atoms with E-state index in [0.717, 1.165) is 11.8 Å². The molecule has 2 N–H and O–H groups in total. The first kappa shape index (κ1) is 12.6. The summed E-state index contributed by atoms with van der Waals surface area (Å²) in [5, 5.41) is 10.3. The molecule has 2 rings (SSSR count). The Morgan fingerprint density at radius 1 is 1.28 bits per heavy atom. The highest BCUT2D eigenvalue weighted by molar-refractivity contribution is 8.02. The molecule has 6 heteroatoms. The second-order valence-corrected chi connectivity index (χ2v) is 4.98. The Bertz CT molecular complexity index is 488. The van der Waals surface area contributed by atoms with E-state index in [0.29, 0.717) is 11.3 Å². The third-order valence-corrected chi connectivity index (χ3v) is 3.89. The summed E-state index contributed by atoms with van der Waals surface area (Å²) in [5.41, 5.74) is 0.453. The van der Waals surface area contributed by atoms with E-state index in [1.807, 2.05) is 0 Å². The van der Waals surface area contributed by atoms with E-state index in [9.17, 15) is 14.4 Å². The number of carboxylic acids is 1. The Morgan fingerprint density at radius 3 is 2.50 bits per heavy atom. The van der Waals surface area contributed by atoms with Crippen LogP contribution in [0.2, 0.25) is 0 Å². The van der Waals surface area contributed by atoms with E-state index < -0.39 is 23.0 Å². The van der Waals surface area contributed by atoms with E-state index >= 15 is 0 Å². The van der Waals surface area contributed by atoms with Crippen LogP contribution in [0.4, 0.5) is 0 Å². The predicted octanol–water partition coefficient (Wildman–Crippen LogP) is 0.554. The van der Waals surface area contributed by atoms with Crippen molar-refractivity contribution >= 4 is 29.4 Å². The molecule has 94 valence electrons. The molecule has 1 aliphatic rings. The van der Waals surface area contributed by atoms with Gasteiger partial charge in [0.2, 0.25) is 0 Å². The molecule has 0 spiro atoms. The number of carbonyl (C=O) groups excluding carboxylic acids is 2. The maximum atomic E-state index is 11.8. The average molecular weight is 265 g/mol. The standard InChI is InChI=1S/C12H11NO4S/c14-9-8(6-18-10(9)12(16)17)13-11(15)7-4-2-1-3-5-7/h1-5,8,10H,6H2,(H,13,15)(H,16,17)/t8-,10-/m0/s1. The predicted molar refractivity (Wildman–Crippen MR) is 66.6 cm³/mol. The zero-order chi connectivity index (χ0) is 13.1. The van der Waals surface area contributed by atoms with Crippen LogP contribution >= 0.6 is 11.8 Å². The van der Waals surface area contributed by atoms with Crippen molar-refractivity contribution in [1.29, 1.82) is 0 Å². The molecule has 1 aromatic rings. The number of aliphatic carboxylic acids is 1. The topological polar surface area (TPSA) is 83.5 Å². The van der Waals surface area contributed by atoms with E-state index in [4.69, 9.17) is 5.11 Å². The third kappa shape index (κ3) is 2.53. The van der Waals surface area contributed by atoms with Crippen molar-refractivity contribution in [2.24, 2.45) is 0 Å². The van der Waals surface area contributed by atoms with E-state index in [2.05, 4.69) is 5.32 Å². The van der Waals surface area contributed by atoms with Gasteiger partial charge in [-0.1, -0.05) is 18.2 Å². The smallest absolute Gasteiger partial charge is 0.324 e. The minimum Gasteiger partial charge on any atom is -0.480 e. The number of carbonyl (C=O) groups is 3. The summed E-state index contributed by atoms with van der Waals surface area (Å²) in [7, 11) is 0.